The Morgan fingerprint density at radius 3 is 2.96 bits per heavy atom. The van der Waals surface area contributed by atoms with E-state index in [1.165, 1.54) is 16.7 Å². The smallest absolute Gasteiger partial charge is 0.266 e. The molecule has 1 N–H and O–H groups in total. The van der Waals surface area contributed by atoms with Crippen LogP contribution < -0.4 is 0 Å². The molecule has 0 bridgehead atoms. The van der Waals surface area contributed by atoms with E-state index >= 15 is 0 Å². The first-order valence-corrected chi connectivity index (χ1v) is 11.0. The van der Waals surface area contributed by atoms with Gasteiger partial charge < -0.3 is 10.0 Å². The van der Waals surface area contributed by atoms with Crippen molar-refractivity contribution in [1.82, 2.24) is 9.80 Å². The molecule has 3 rings (SSSR count). The number of aliphatic hydroxyl groups is 1. The molecule has 150 valence electrons. The van der Waals surface area contributed by atoms with Crippen LogP contribution in [0.4, 0.5) is 0 Å². The number of aliphatic hydroxyl groups excluding tert-OH is 1. The highest BCUT2D eigenvalue weighted by Gasteiger charge is 2.33. The first-order chi connectivity index (χ1) is 13.5. The molecule has 0 radical (unpaired) electrons. The standard InChI is InChI=1S/C20H23ClN2O3S2/c21-15-5-3-4-14(12-15)13-17-19(26)23(20(27)28-17)10-7-18(25)22-9-2-1-6-16(22)8-11-24/h3-5,12-13,16,24H,1-2,6-11H2/b17-13-/t16-/m0/s1. The molecule has 0 spiro atoms. The Morgan fingerprint density at radius 1 is 1.39 bits per heavy atom. The summed E-state index contributed by atoms with van der Waals surface area (Å²) < 4.78 is 0.469. The van der Waals surface area contributed by atoms with E-state index in [1.807, 2.05) is 17.0 Å². The molecule has 0 saturated carbocycles. The van der Waals surface area contributed by atoms with Gasteiger partial charge in [-0.15, -0.1) is 0 Å². The molecule has 0 aliphatic carbocycles. The molecule has 1 aromatic carbocycles. The highest BCUT2D eigenvalue weighted by molar-refractivity contribution is 8.26. The summed E-state index contributed by atoms with van der Waals surface area (Å²) in [5, 5.41) is 9.84. The number of carbonyl (C=O) groups excluding carboxylic acids is 2. The van der Waals surface area contributed by atoms with Gasteiger partial charge in [0.25, 0.3) is 5.91 Å². The van der Waals surface area contributed by atoms with Crippen molar-refractivity contribution in [3.63, 3.8) is 0 Å². The Bertz CT molecular complexity index is 797. The molecule has 2 aliphatic rings. The summed E-state index contributed by atoms with van der Waals surface area (Å²) in [5.41, 5.74) is 0.837. The SMILES string of the molecule is O=C1/C(=C/c2cccc(Cl)c2)SC(=S)N1CCC(=O)N1CCCC[C@H]1CCO. The molecule has 2 aliphatic heterocycles. The van der Waals surface area contributed by atoms with E-state index in [9.17, 15) is 14.7 Å². The van der Waals surface area contributed by atoms with Gasteiger partial charge in [-0.1, -0.05) is 47.7 Å². The van der Waals surface area contributed by atoms with Gasteiger partial charge in [0.15, 0.2) is 0 Å². The van der Waals surface area contributed by atoms with E-state index in [1.54, 1.807) is 18.2 Å². The van der Waals surface area contributed by atoms with E-state index in [-0.39, 0.29) is 37.4 Å². The average Bonchev–Trinajstić information content (AvgIpc) is 2.93. The summed E-state index contributed by atoms with van der Waals surface area (Å²) in [6, 6.07) is 7.37. The molecule has 5 nitrogen and oxygen atoms in total. The lowest BCUT2D eigenvalue weighted by atomic mass is 9.99. The van der Waals surface area contributed by atoms with Crippen LogP contribution in [0.1, 0.15) is 37.7 Å². The Labute approximate surface area is 179 Å². The van der Waals surface area contributed by atoms with E-state index in [0.717, 1.165) is 31.4 Å². The van der Waals surface area contributed by atoms with Crippen molar-refractivity contribution in [2.45, 2.75) is 38.1 Å². The second-order valence-corrected chi connectivity index (χ2v) is 9.00. The number of piperidine rings is 1. The molecule has 2 fully saturated rings. The average molecular weight is 439 g/mol. The van der Waals surface area contributed by atoms with Gasteiger partial charge in [0.2, 0.25) is 5.91 Å². The molecule has 1 atom stereocenters. The summed E-state index contributed by atoms with van der Waals surface area (Å²) in [5.74, 6) is -0.153. The molecule has 1 aromatic rings. The lowest BCUT2D eigenvalue weighted by Crippen LogP contribution is -2.45. The quantitative estimate of drug-likeness (QED) is 0.542. The molecule has 8 heteroatoms. The fraction of sp³-hybridized carbons (Fsp3) is 0.450. The third kappa shape index (κ3) is 5.14. The number of likely N-dealkylation sites (tertiary alicyclic amines) is 1. The molecule has 0 unspecified atom stereocenters. The van der Waals surface area contributed by atoms with Gasteiger partial charge in [0.05, 0.1) is 4.91 Å². The number of halogens is 1. The van der Waals surface area contributed by atoms with Crippen molar-refractivity contribution in [2.75, 3.05) is 19.7 Å². The zero-order valence-electron chi connectivity index (χ0n) is 15.5. The molecule has 2 saturated heterocycles. The number of hydrogen-bond donors (Lipinski definition) is 1. The Morgan fingerprint density at radius 2 is 2.21 bits per heavy atom. The number of carbonyl (C=O) groups is 2. The van der Waals surface area contributed by atoms with E-state index in [4.69, 9.17) is 23.8 Å². The topological polar surface area (TPSA) is 60.9 Å². The highest BCUT2D eigenvalue weighted by Crippen LogP contribution is 2.33. The second kappa shape index (κ2) is 9.87. The molecular formula is C20H23ClN2O3S2. The van der Waals surface area contributed by atoms with Gasteiger partial charge in [-0.2, -0.15) is 0 Å². The lowest BCUT2D eigenvalue weighted by molar-refractivity contribution is -0.135. The zero-order chi connectivity index (χ0) is 20.1. The van der Waals surface area contributed by atoms with Crippen molar-refractivity contribution < 1.29 is 14.7 Å². The number of nitrogens with zero attached hydrogens (tertiary/aromatic N) is 2. The summed E-state index contributed by atoms with van der Waals surface area (Å²) in [6.45, 7) is 1.08. The molecular weight excluding hydrogens is 416 g/mol. The third-order valence-corrected chi connectivity index (χ3v) is 6.59. The van der Waals surface area contributed by atoms with Crippen LogP contribution in [0.2, 0.25) is 5.02 Å². The Kier molecular flexibility index (Phi) is 7.51. The van der Waals surface area contributed by atoms with Crippen LogP contribution in [-0.4, -0.2) is 56.8 Å². The first kappa shape index (κ1) is 21.3. The summed E-state index contributed by atoms with van der Waals surface area (Å²) in [4.78, 5) is 29.3. The normalized spacial score (nSPS) is 21.6. The maximum Gasteiger partial charge on any atom is 0.266 e. The van der Waals surface area contributed by atoms with E-state index < -0.39 is 0 Å². The van der Waals surface area contributed by atoms with E-state index in [2.05, 4.69) is 0 Å². The zero-order valence-corrected chi connectivity index (χ0v) is 17.9. The van der Waals surface area contributed by atoms with Crippen molar-refractivity contribution in [2.24, 2.45) is 0 Å². The minimum Gasteiger partial charge on any atom is -0.396 e. The number of hydrogen-bond acceptors (Lipinski definition) is 5. The van der Waals surface area contributed by atoms with Crippen LogP contribution in [0.5, 0.6) is 0 Å². The predicted octanol–water partition coefficient (Wildman–Crippen LogP) is 3.69. The van der Waals surface area contributed by atoms with Crippen LogP contribution in [0.15, 0.2) is 29.2 Å². The third-order valence-electron chi connectivity index (χ3n) is 4.98. The number of benzene rings is 1. The Balaban J connectivity index is 1.62. The monoisotopic (exact) mass is 438 g/mol. The summed E-state index contributed by atoms with van der Waals surface area (Å²) in [7, 11) is 0. The number of thioether (sulfide) groups is 1. The maximum absolute atomic E-state index is 12.7. The van der Waals surface area contributed by atoms with Crippen LogP contribution in [0.3, 0.4) is 0 Å². The lowest BCUT2D eigenvalue weighted by Gasteiger charge is -2.36. The molecule has 0 aromatic heterocycles. The largest absolute Gasteiger partial charge is 0.396 e. The van der Waals surface area contributed by atoms with Gasteiger partial charge >= 0.3 is 0 Å². The number of thiocarbonyl (C=S) groups is 1. The maximum atomic E-state index is 12.7. The Hall–Kier alpha value is -1.41. The molecule has 28 heavy (non-hydrogen) atoms. The number of amides is 2. The molecule has 2 amide bonds. The van der Waals surface area contributed by atoms with Crippen molar-refractivity contribution >= 4 is 57.8 Å². The van der Waals surface area contributed by atoms with E-state index in [0.29, 0.717) is 20.7 Å². The van der Waals surface area contributed by atoms with Gasteiger partial charge in [0.1, 0.15) is 4.32 Å². The second-order valence-electron chi connectivity index (χ2n) is 6.89. The minimum absolute atomic E-state index is 0.0195. The highest BCUT2D eigenvalue weighted by atomic mass is 35.5. The molecule has 2 heterocycles. The first-order valence-electron chi connectivity index (χ1n) is 9.41. The van der Waals surface area contributed by atoms with Gasteiger partial charge in [-0.05, 0) is 49.5 Å². The summed E-state index contributed by atoms with van der Waals surface area (Å²) >= 11 is 12.6. The van der Waals surface area contributed by atoms with Crippen LogP contribution >= 0.6 is 35.6 Å². The van der Waals surface area contributed by atoms with Crippen molar-refractivity contribution in [1.29, 1.82) is 0 Å². The summed E-state index contributed by atoms with van der Waals surface area (Å²) in [6.07, 6.45) is 5.60. The van der Waals surface area contributed by atoms with Crippen LogP contribution in [0, 0.1) is 0 Å². The fourth-order valence-corrected chi connectivity index (χ4v) is 5.08. The van der Waals surface area contributed by atoms with Crippen molar-refractivity contribution in [3.8, 4) is 0 Å². The van der Waals surface area contributed by atoms with Crippen molar-refractivity contribution in [3.05, 3.63) is 39.8 Å². The number of rotatable bonds is 6. The van der Waals surface area contributed by atoms with Gasteiger partial charge in [-0.3, -0.25) is 14.5 Å². The van der Waals surface area contributed by atoms with Gasteiger partial charge in [-0.25, -0.2) is 0 Å². The van der Waals surface area contributed by atoms with Crippen LogP contribution in [0.25, 0.3) is 6.08 Å². The fourth-order valence-electron chi connectivity index (χ4n) is 3.57. The minimum atomic E-state index is -0.173. The van der Waals surface area contributed by atoms with Crippen LogP contribution in [-0.2, 0) is 9.59 Å². The predicted molar refractivity (Wildman–Crippen MR) is 117 cm³/mol. The van der Waals surface area contributed by atoms with Gasteiger partial charge in [0, 0.05) is 37.2 Å².